The number of fused-ring (bicyclic) bond motifs is 3. The number of alkyl carbamates (subject to hydrolysis) is 1. The van der Waals surface area contributed by atoms with Gasteiger partial charge in [-0.1, -0.05) is 115 Å². The second-order valence-electron chi connectivity index (χ2n) is 17.7. The van der Waals surface area contributed by atoms with Crippen molar-refractivity contribution in [3.05, 3.63) is 213 Å². The molecule has 2 amide bonds. The molecular formula is C58H54N4O11. The summed E-state index contributed by atoms with van der Waals surface area (Å²) < 4.78 is 37.5. The Labute approximate surface area is 422 Å². The molecule has 1 aliphatic carbocycles. The van der Waals surface area contributed by atoms with Crippen molar-refractivity contribution < 1.29 is 47.6 Å². The van der Waals surface area contributed by atoms with Crippen molar-refractivity contribution >= 4 is 29.6 Å². The number of hydrogen-bond donors (Lipinski definition) is 2. The summed E-state index contributed by atoms with van der Waals surface area (Å²) >= 11 is 0. The molecule has 0 saturated carbocycles. The average molecular weight is 983 g/mol. The van der Waals surface area contributed by atoms with Crippen molar-refractivity contribution in [2.45, 2.75) is 62.7 Å². The van der Waals surface area contributed by atoms with Crippen LogP contribution in [0.15, 0.2) is 169 Å². The third-order valence-electron chi connectivity index (χ3n) is 13.2. The van der Waals surface area contributed by atoms with Crippen LogP contribution in [0.4, 0.5) is 10.6 Å². The van der Waals surface area contributed by atoms with Crippen LogP contribution in [-0.2, 0) is 40.7 Å². The summed E-state index contributed by atoms with van der Waals surface area (Å²) in [6, 6.07) is 49.1. The number of benzene rings is 6. The number of ether oxygens (including phenoxy) is 6. The summed E-state index contributed by atoms with van der Waals surface area (Å²) in [6.45, 7) is 1.65. The van der Waals surface area contributed by atoms with Crippen molar-refractivity contribution in [2.75, 3.05) is 32.8 Å². The Bertz CT molecular complexity index is 3050. The van der Waals surface area contributed by atoms with Crippen LogP contribution in [0.2, 0.25) is 0 Å². The zero-order valence-electron chi connectivity index (χ0n) is 40.5. The molecule has 1 aromatic heterocycles. The number of amides is 2. The van der Waals surface area contributed by atoms with Gasteiger partial charge in [0.2, 0.25) is 0 Å². The largest absolute Gasteiger partial charge is 0.497 e. The van der Waals surface area contributed by atoms with E-state index in [1.165, 1.54) is 23.8 Å². The molecule has 7 aromatic rings. The molecule has 15 nitrogen and oxygen atoms in total. The molecule has 1 saturated heterocycles. The van der Waals surface area contributed by atoms with Gasteiger partial charge in [-0.3, -0.25) is 14.2 Å². The summed E-state index contributed by atoms with van der Waals surface area (Å²) in [6.07, 6.45) is -1.92. The SMILES string of the molecule is COc1ccc(C(OC[C@H]2O[C@@H](n3ccc(NC(=O)c4ccc(CNC(=O)OCC5c6ccccc6-c6ccccc65)cc4)nc3=O)C[C@H]2OC(=O)CCC(C)=O)(c2ccccc2)c2ccc(OC)cc2)cc1. The third-order valence-corrected chi connectivity index (χ3v) is 13.2. The minimum Gasteiger partial charge on any atom is -0.497 e. The number of aromatic nitrogens is 2. The maximum absolute atomic E-state index is 13.7. The fourth-order valence-electron chi connectivity index (χ4n) is 9.42. The van der Waals surface area contributed by atoms with Crippen LogP contribution < -0.4 is 25.8 Å². The molecule has 73 heavy (non-hydrogen) atoms. The molecule has 2 N–H and O–H groups in total. The Morgan fingerprint density at radius 3 is 1.88 bits per heavy atom. The van der Waals surface area contributed by atoms with E-state index in [2.05, 4.69) is 39.9 Å². The molecule has 2 aliphatic rings. The van der Waals surface area contributed by atoms with Crippen LogP contribution in [0.1, 0.15) is 82.1 Å². The molecule has 15 heteroatoms. The molecule has 2 heterocycles. The Hall–Kier alpha value is -8.40. The molecule has 1 fully saturated rings. The first-order valence-electron chi connectivity index (χ1n) is 23.9. The van der Waals surface area contributed by atoms with Crippen molar-refractivity contribution in [1.82, 2.24) is 14.9 Å². The van der Waals surface area contributed by atoms with Gasteiger partial charge in [0.1, 0.15) is 53.7 Å². The number of carbonyl (C=O) groups excluding carboxylic acids is 4. The van der Waals surface area contributed by atoms with E-state index in [0.717, 1.165) is 44.5 Å². The molecule has 0 radical (unpaired) electrons. The molecule has 6 aromatic carbocycles. The predicted molar refractivity (Wildman–Crippen MR) is 271 cm³/mol. The quantitative estimate of drug-likeness (QED) is 0.0580. The van der Waals surface area contributed by atoms with Crippen molar-refractivity contribution in [1.29, 1.82) is 0 Å². The topological polar surface area (TPSA) is 183 Å². The van der Waals surface area contributed by atoms with Crippen molar-refractivity contribution in [2.24, 2.45) is 0 Å². The highest BCUT2D eigenvalue weighted by atomic mass is 16.6. The van der Waals surface area contributed by atoms with Gasteiger partial charge in [0.15, 0.2) is 0 Å². The number of esters is 1. The van der Waals surface area contributed by atoms with E-state index in [1.54, 1.807) is 38.5 Å². The maximum atomic E-state index is 13.7. The number of nitrogens with one attached hydrogen (secondary N) is 2. The minimum absolute atomic E-state index is 0.00367. The lowest BCUT2D eigenvalue weighted by molar-refractivity contribution is -0.156. The Morgan fingerprint density at radius 1 is 0.699 bits per heavy atom. The Kier molecular flexibility index (Phi) is 15.2. The van der Waals surface area contributed by atoms with E-state index in [4.69, 9.17) is 28.4 Å². The lowest BCUT2D eigenvalue weighted by atomic mass is 9.80. The van der Waals surface area contributed by atoms with Crippen molar-refractivity contribution in [3.63, 3.8) is 0 Å². The number of ketones is 1. The van der Waals surface area contributed by atoms with Gasteiger partial charge in [-0.25, -0.2) is 9.59 Å². The van der Waals surface area contributed by atoms with E-state index in [0.29, 0.717) is 17.1 Å². The van der Waals surface area contributed by atoms with Crippen LogP contribution in [0.5, 0.6) is 11.5 Å². The second-order valence-corrected chi connectivity index (χ2v) is 17.7. The Morgan fingerprint density at radius 2 is 1.29 bits per heavy atom. The summed E-state index contributed by atoms with van der Waals surface area (Å²) in [5, 5.41) is 5.47. The zero-order chi connectivity index (χ0) is 50.9. The smallest absolute Gasteiger partial charge is 0.407 e. The van der Waals surface area contributed by atoms with Gasteiger partial charge in [-0.2, -0.15) is 4.98 Å². The number of nitrogens with zero attached hydrogens (tertiary/aromatic N) is 2. The predicted octanol–water partition coefficient (Wildman–Crippen LogP) is 9.13. The molecule has 3 atom stereocenters. The third kappa shape index (κ3) is 11.1. The van der Waals surface area contributed by atoms with Gasteiger partial charge in [-0.05, 0) is 93.9 Å². The number of rotatable bonds is 19. The number of carbonyl (C=O) groups is 4. The molecule has 372 valence electrons. The average Bonchev–Trinajstić information content (AvgIpc) is 3.97. The molecule has 0 spiro atoms. The first kappa shape index (κ1) is 49.6. The summed E-state index contributed by atoms with van der Waals surface area (Å²) in [4.78, 5) is 69.0. The second kappa shape index (κ2) is 22.4. The molecule has 9 rings (SSSR count). The van der Waals surface area contributed by atoms with Crippen LogP contribution in [0.25, 0.3) is 11.1 Å². The van der Waals surface area contributed by atoms with E-state index < -0.39 is 47.7 Å². The highest BCUT2D eigenvalue weighted by Crippen LogP contribution is 2.45. The molecule has 0 unspecified atom stereocenters. The minimum atomic E-state index is -1.23. The maximum Gasteiger partial charge on any atom is 0.407 e. The van der Waals surface area contributed by atoms with E-state index in [1.807, 2.05) is 103 Å². The van der Waals surface area contributed by atoms with E-state index in [-0.39, 0.29) is 56.5 Å². The zero-order valence-corrected chi connectivity index (χ0v) is 40.5. The summed E-state index contributed by atoms with van der Waals surface area (Å²) in [5.74, 6) is -0.0294. The first-order valence-corrected chi connectivity index (χ1v) is 23.9. The Balaban J connectivity index is 0.868. The summed E-state index contributed by atoms with van der Waals surface area (Å²) in [5.41, 5.74) is 5.94. The fraction of sp³-hybridized carbons (Fsp3) is 0.241. The number of Topliss-reactive ketones (excluding diaryl/α,β-unsaturated/α-hetero) is 1. The lowest BCUT2D eigenvalue weighted by Crippen LogP contribution is -2.39. The highest BCUT2D eigenvalue weighted by Gasteiger charge is 2.44. The van der Waals surface area contributed by atoms with Gasteiger partial charge < -0.3 is 43.8 Å². The van der Waals surface area contributed by atoms with Crippen LogP contribution in [0, 0.1) is 0 Å². The van der Waals surface area contributed by atoms with Gasteiger partial charge in [0.05, 0.1) is 27.2 Å². The monoisotopic (exact) mass is 982 g/mol. The number of methoxy groups -OCH3 is 2. The van der Waals surface area contributed by atoms with Crippen LogP contribution in [-0.4, -0.2) is 72.9 Å². The van der Waals surface area contributed by atoms with E-state index >= 15 is 0 Å². The van der Waals surface area contributed by atoms with Crippen LogP contribution >= 0.6 is 0 Å². The standard InChI is InChI=1S/C58H54N4O11/c1-37(63)17-30-54(64)73-50-33-53(72-51(50)36-71-58(40-11-5-4-6-12-40,41-22-26-43(68-2)27-23-41)42-24-28-44(69-3)29-25-42)62-32-31-52(61-56(62)66)60-55(65)39-20-18-38(19-21-39)34-59-57(67)70-35-49-47-15-9-7-13-45(47)46-14-8-10-16-48(46)49/h4-16,18-29,31-32,49-51,53H,17,30,33-36H2,1-3H3,(H,59,67)(H,60,61,65,66)/t50-,51-,53-/m1/s1. The van der Waals surface area contributed by atoms with Crippen molar-refractivity contribution in [3.8, 4) is 22.6 Å². The van der Waals surface area contributed by atoms with Gasteiger partial charge in [0.25, 0.3) is 5.91 Å². The first-order chi connectivity index (χ1) is 35.5. The van der Waals surface area contributed by atoms with Gasteiger partial charge in [0, 0.05) is 37.1 Å². The fourth-order valence-corrected chi connectivity index (χ4v) is 9.42. The molecular weight excluding hydrogens is 929 g/mol. The molecule has 1 aliphatic heterocycles. The van der Waals surface area contributed by atoms with E-state index in [9.17, 15) is 24.0 Å². The summed E-state index contributed by atoms with van der Waals surface area (Å²) in [7, 11) is 3.18. The normalized spacial score (nSPS) is 15.9. The lowest BCUT2D eigenvalue weighted by Gasteiger charge is -2.37. The van der Waals surface area contributed by atoms with Crippen LogP contribution in [0.3, 0.4) is 0 Å². The molecule has 0 bridgehead atoms. The van der Waals surface area contributed by atoms with Gasteiger partial charge >= 0.3 is 17.8 Å². The number of hydrogen-bond acceptors (Lipinski definition) is 12. The van der Waals surface area contributed by atoms with Gasteiger partial charge in [-0.15, -0.1) is 0 Å². The highest BCUT2D eigenvalue weighted by molar-refractivity contribution is 6.03. The number of anilines is 1.